The quantitative estimate of drug-likeness (QED) is 0.517. The van der Waals surface area contributed by atoms with E-state index in [0.717, 1.165) is 0 Å². The summed E-state index contributed by atoms with van der Waals surface area (Å²) in [5, 5.41) is 20.1. The zero-order valence-electron chi connectivity index (χ0n) is 18.8. The Morgan fingerprint density at radius 3 is 2.31 bits per heavy atom. The van der Waals surface area contributed by atoms with Crippen molar-refractivity contribution in [3.05, 3.63) is 23.3 Å². The fourth-order valence-corrected chi connectivity index (χ4v) is 5.18. The van der Waals surface area contributed by atoms with Crippen LogP contribution in [0.2, 0.25) is 0 Å². The monoisotopic (exact) mass is 444 g/mol. The Balaban J connectivity index is 2.36. The highest BCUT2D eigenvalue weighted by molar-refractivity contribution is 5.93. The highest BCUT2D eigenvalue weighted by Gasteiger charge is 2.75. The Hall–Kier alpha value is -2.72. The molecule has 2 bridgehead atoms. The van der Waals surface area contributed by atoms with E-state index >= 15 is 0 Å². The third-order valence-electron chi connectivity index (χ3n) is 6.21. The van der Waals surface area contributed by atoms with E-state index in [-0.39, 0.29) is 37.4 Å². The number of hydrogen-bond acceptors (Lipinski definition) is 9. The highest BCUT2D eigenvalue weighted by Crippen LogP contribution is 2.63. The Labute approximate surface area is 187 Å². The Morgan fingerprint density at radius 2 is 1.75 bits per heavy atom. The molecule has 0 saturated carbocycles. The fourth-order valence-electron chi connectivity index (χ4n) is 5.18. The second kappa shape index (κ2) is 9.41. The van der Waals surface area contributed by atoms with Gasteiger partial charge in [0.1, 0.15) is 11.5 Å². The average Bonchev–Trinajstić information content (AvgIpc) is 2.79. The van der Waals surface area contributed by atoms with Crippen molar-refractivity contribution in [1.29, 1.82) is 10.5 Å². The van der Waals surface area contributed by atoms with Gasteiger partial charge in [-0.2, -0.15) is 10.5 Å². The molecule has 0 unspecified atom stereocenters. The van der Waals surface area contributed by atoms with Gasteiger partial charge in [0.2, 0.25) is 0 Å². The molecule has 0 radical (unpaired) electrons. The molecule has 0 N–H and O–H groups in total. The lowest BCUT2D eigenvalue weighted by Crippen LogP contribution is -2.72. The summed E-state index contributed by atoms with van der Waals surface area (Å²) in [6, 6.07) is 4.21. The summed E-state index contributed by atoms with van der Waals surface area (Å²) < 4.78 is 28.6. The molecular weight excluding hydrogens is 416 g/mol. The molecular formula is C23H28N2O7. The first-order valence-corrected chi connectivity index (χ1v) is 10.9. The zero-order valence-corrected chi connectivity index (χ0v) is 18.8. The van der Waals surface area contributed by atoms with Gasteiger partial charge in [-0.1, -0.05) is 0 Å². The first-order valence-electron chi connectivity index (χ1n) is 10.9. The number of hydrogen-bond donors (Lipinski definition) is 0. The number of rotatable bonds is 8. The number of fused-ring (bicyclic) bond motifs is 1. The van der Waals surface area contributed by atoms with Crippen LogP contribution in [0.15, 0.2) is 23.3 Å². The normalized spacial score (nSPS) is 34.9. The van der Waals surface area contributed by atoms with E-state index in [1.807, 2.05) is 0 Å². The molecule has 4 rings (SSSR count). The van der Waals surface area contributed by atoms with Gasteiger partial charge in [0, 0.05) is 42.6 Å². The molecule has 2 heterocycles. The van der Waals surface area contributed by atoms with E-state index in [4.69, 9.17) is 23.7 Å². The predicted octanol–water partition coefficient (Wildman–Crippen LogP) is 2.19. The van der Waals surface area contributed by atoms with Crippen LogP contribution in [0.3, 0.4) is 0 Å². The molecule has 1 saturated heterocycles. The first-order chi connectivity index (χ1) is 15.4. The molecule has 2 aliphatic carbocycles. The second-order valence-electron chi connectivity index (χ2n) is 7.73. The second-order valence-corrected chi connectivity index (χ2v) is 7.73. The lowest BCUT2D eigenvalue weighted by molar-refractivity contribution is -0.298. The Bertz CT molecular complexity index is 914. The number of carbonyl (C=O) groups is 2. The van der Waals surface area contributed by atoms with Crippen LogP contribution in [0.25, 0.3) is 0 Å². The smallest absolute Gasteiger partial charge is 0.334 e. The van der Waals surface area contributed by atoms with E-state index in [0.29, 0.717) is 6.61 Å². The van der Waals surface area contributed by atoms with Gasteiger partial charge >= 0.3 is 11.9 Å². The van der Waals surface area contributed by atoms with Gasteiger partial charge in [-0.25, -0.2) is 4.79 Å². The maximum absolute atomic E-state index is 13.5. The molecule has 0 aromatic rings. The molecule has 0 amide bonds. The average molecular weight is 444 g/mol. The topological polar surface area (TPSA) is 128 Å². The van der Waals surface area contributed by atoms with Crippen LogP contribution in [0.4, 0.5) is 0 Å². The van der Waals surface area contributed by atoms with Crippen LogP contribution in [-0.2, 0) is 33.3 Å². The van der Waals surface area contributed by atoms with E-state index < -0.39 is 47.2 Å². The number of esters is 2. The SMILES string of the molecule is CCOC(=O)C1=C[C@@]2(C#N)O[C@@H](OCC)[C@H]1[C@@H]1[C@@H](OCC)CC(C#N)=C[C@@]12C(=O)OCC. The molecule has 0 spiro atoms. The molecule has 172 valence electrons. The number of ether oxygens (including phenoxy) is 5. The lowest BCUT2D eigenvalue weighted by atomic mass is 9.49. The van der Waals surface area contributed by atoms with Gasteiger partial charge in [0.15, 0.2) is 11.9 Å². The van der Waals surface area contributed by atoms with Crippen molar-refractivity contribution in [1.82, 2.24) is 0 Å². The van der Waals surface area contributed by atoms with Crippen molar-refractivity contribution in [2.45, 2.75) is 52.1 Å². The maximum atomic E-state index is 13.5. The molecule has 6 atom stereocenters. The third-order valence-corrected chi connectivity index (χ3v) is 6.21. The highest BCUT2D eigenvalue weighted by atomic mass is 16.7. The molecule has 4 aliphatic rings. The van der Waals surface area contributed by atoms with Crippen LogP contribution in [0.1, 0.15) is 34.1 Å². The maximum Gasteiger partial charge on any atom is 0.334 e. The van der Waals surface area contributed by atoms with E-state index in [1.54, 1.807) is 27.7 Å². The summed E-state index contributed by atoms with van der Waals surface area (Å²) in [6.45, 7) is 7.69. The van der Waals surface area contributed by atoms with Crippen molar-refractivity contribution in [3.8, 4) is 12.1 Å². The van der Waals surface area contributed by atoms with Crippen LogP contribution in [0.5, 0.6) is 0 Å². The molecule has 2 aliphatic heterocycles. The molecule has 32 heavy (non-hydrogen) atoms. The minimum absolute atomic E-state index is 0.0673. The number of carbonyl (C=O) groups excluding carboxylic acids is 2. The molecule has 9 heteroatoms. The van der Waals surface area contributed by atoms with E-state index in [1.165, 1.54) is 12.2 Å². The number of nitrogens with zero attached hydrogens (tertiary/aromatic N) is 2. The van der Waals surface area contributed by atoms with Crippen LogP contribution < -0.4 is 0 Å². The molecule has 9 nitrogen and oxygen atoms in total. The summed E-state index contributed by atoms with van der Waals surface area (Å²) in [5.74, 6) is -2.81. The third kappa shape index (κ3) is 3.41. The van der Waals surface area contributed by atoms with Crippen molar-refractivity contribution < 1.29 is 33.3 Å². The minimum atomic E-state index is -1.95. The first kappa shape index (κ1) is 23.9. The zero-order chi connectivity index (χ0) is 23.5. The molecule has 0 aromatic heterocycles. The van der Waals surface area contributed by atoms with Crippen LogP contribution in [-0.4, -0.2) is 56.4 Å². The van der Waals surface area contributed by atoms with Gasteiger partial charge in [0.05, 0.1) is 25.4 Å². The van der Waals surface area contributed by atoms with Crippen molar-refractivity contribution in [3.63, 3.8) is 0 Å². The van der Waals surface area contributed by atoms with E-state index in [9.17, 15) is 20.1 Å². The summed E-state index contributed by atoms with van der Waals surface area (Å²) in [7, 11) is 0. The van der Waals surface area contributed by atoms with Gasteiger partial charge in [-0.3, -0.25) is 4.79 Å². The van der Waals surface area contributed by atoms with E-state index in [2.05, 4.69) is 12.1 Å². The van der Waals surface area contributed by atoms with Gasteiger partial charge in [0.25, 0.3) is 0 Å². The van der Waals surface area contributed by atoms with Crippen molar-refractivity contribution in [2.75, 3.05) is 26.4 Å². The minimum Gasteiger partial charge on any atom is -0.465 e. The summed E-state index contributed by atoms with van der Waals surface area (Å²) in [4.78, 5) is 26.5. The van der Waals surface area contributed by atoms with Crippen LogP contribution in [0, 0.1) is 39.9 Å². The van der Waals surface area contributed by atoms with Crippen molar-refractivity contribution >= 4 is 11.9 Å². The number of nitriles is 2. The lowest BCUT2D eigenvalue weighted by Gasteiger charge is -2.60. The standard InChI is InChI=1S/C23H28N2O7/c1-5-28-16-9-14(12-24)10-23(21(27)31-8-4)18(16)17-15(19(26)29-6-2)11-22(23,13-25)32-20(17)30-7-3/h10-11,16-18,20H,5-9H2,1-4H3/t16-,17+,18-,20+,22-,23-/m0/s1. The predicted molar refractivity (Wildman–Crippen MR) is 109 cm³/mol. The Kier molecular flexibility index (Phi) is 7.04. The summed E-state index contributed by atoms with van der Waals surface area (Å²) >= 11 is 0. The Morgan fingerprint density at radius 1 is 1.06 bits per heavy atom. The largest absolute Gasteiger partial charge is 0.465 e. The van der Waals surface area contributed by atoms with Crippen molar-refractivity contribution in [2.24, 2.45) is 17.3 Å². The van der Waals surface area contributed by atoms with Gasteiger partial charge in [-0.05, 0) is 39.8 Å². The summed E-state index contributed by atoms with van der Waals surface area (Å²) in [5.41, 5.74) is -3.13. The molecule has 0 aromatic carbocycles. The van der Waals surface area contributed by atoms with Gasteiger partial charge < -0.3 is 23.7 Å². The molecule has 1 fully saturated rings. The van der Waals surface area contributed by atoms with Crippen LogP contribution >= 0.6 is 0 Å². The fraction of sp³-hybridized carbons (Fsp3) is 0.652. The van der Waals surface area contributed by atoms with Gasteiger partial charge in [-0.15, -0.1) is 0 Å². The summed E-state index contributed by atoms with van der Waals surface area (Å²) in [6.07, 6.45) is 1.42.